The van der Waals surface area contributed by atoms with Gasteiger partial charge < -0.3 is 15.4 Å². The molecule has 116 valence electrons. The van der Waals surface area contributed by atoms with E-state index in [2.05, 4.69) is 34.7 Å². The van der Waals surface area contributed by atoms with Gasteiger partial charge in [-0.15, -0.1) is 0 Å². The summed E-state index contributed by atoms with van der Waals surface area (Å²) in [5.41, 5.74) is 1.28. The molecule has 2 unspecified atom stereocenters. The normalized spacial score (nSPS) is 14.2. The van der Waals surface area contributed by atoms with Crippen molar-refractivity contribution in [2.45, 2.75) is 19.8 Å². The minimum Gasteiger partial charge on any atom is -0.469 e. The number of hydrogen-bond donors (Lipinski definition) is 2. The van der Waals surface area contributed by atoms with Gasteiger partial charge in [0.15, 0.2) is 5.96 Å². The van der Waals surface area contributed by atoms with Crippen LogP contribution in [0.3, 0.4) is 0 Å². The van der Waals surface area contributed by atoms with Crippen LogP contribution in [-0.4, -0.2) is 39.2 Å². The summed E-state index contributed by atoms with van der Waals surface area (Å²) in [5, 5.41) is 6.40. The summed E-state index contributed by atoms with van der Waals surface area (Å²) in [4.78, 5) is 15.5. The monoisotopic (exact) mass is 291 g/mol. The fraction of sp³-hybridized carbons (Fsp3) is 0.500. The molecule has 0 radical (unpaired) electrons. The number of hydrogen-bond acceptors (Lipinski definition) is 3. The zero-order chi connectivity index (χ0) is 15.7. The molecule has 0 bridgehead atoms. The van der Waals surface area contributed by atoms with E-state index in [4.69, 9.17) is 4.74 Å². The number of rotatable bonds is 6. The van der Waals surface area contributed by atoms with E-state index >= 15 is 0 Å². The molecule has 0 aliphatic rings. The minimum absolute atomic E-state index is 0.208. The lowest BCUT2D eigenvalue weighted by Gasteiger charge is -2.17. The molecule has 5 heteroatoms. The first-order valence-corrected chi connectivity index (χ1v) is 7.15. The lowest BCUT2D eigenvalue weighted by Crippen LogP contribution is -2.42. The van der Waals surface area contributed by atoms with E-state index in [0.717, 1.165) is 6.54 Å². The van der Waals surface area contributed by atoms with Crippen LogP contribution in [0.2, 0.25) is 0 Å². The van der Waals surface area contributed by atoms with Crippen LogP contribution in [0, 0.1) is 5.92 Å². The van der Waals surface area contributed by atoms with Gasteiger partial charge in [-0.25, -0.2) is 0 Å². The summed E-state index contributed by atoms with van der Waals surface area (Å²) in [6, 6.07) is 10.3. The Kier molecular flexibility index (Phi) is 7.29. The number of benzene rings is 1. The molecule has 21 heavy (non-hydrogen) atoms. The topological polar surface area (TPSA) is 62.7 Å². The number of nitrogens with zero attached hydrogens (tertiary/aromatic N) is 1. The molecule has 0 amide bonds. The van der Waals surface area contributed by atoms with E-state index in [0.29, 0.717) is 18.4 Å². The highest BCUT2D eigenvalue weighted by molar-refractivity contribution is 5.80. The van der Waals surface area contributed by atoms with Crippen LogP contribution < -0.4 is 10.6 Å². The van der Waals surface area contributed by atoms with E-state index in [-0.39, 0.29) is 11.9 Å². The lowest BCUT2D eigenvalue weighted by atomic mass is 10.0. The fourth-order valence-electron chi connectivity index (χ4n) is 1.90. The molecule has 1 aromatic carbocycles. The predicted octanol–water partition coefficient (Wildman–Crippen LogP) is 1.76. The Bertz CT molecular complexity index is 460. The Morgan fingerprint density at radius 3 is 2.38 bits per heavy atom. The van der Waals surface area contributed by atoms with Gasteiger partial charge in [-0.1, -0.05) is 44.2 Å². The summed E-state index contributed by atoms with van der Waals surface area (Å²) in [7, 11) is 3.11. The highest BCUT2D eigenvalue weighted by Gasteiger charge is 2.13. The van der Waals surface area contributed by atoms with Gasteiger partial charge in [0.2, 0.25) is 0 Å². The minimum atomic E-state index is -0.226. The SMILES string of the molecule is CN=C(NCC(C)C(=O)OC)NCC(C)c1ccccc1. The Morgan fingerprint density at radius 1 is 1.19 bits per heavy atom. The molecular formula is C16H25N3O2. The van der Waals surface area contributed by atoms with Crippen LogP contribution in [0.1, 0.15) is 25.3 Å². The standard InChI is InChI=1S/C16H25N3O2/c1-12(14-8-6-5-7-9-14)10-18-16(17-3)19-11-13(2)15(20)21-4/h5-9,12-13H,10-11H2,1-4H3,(H2,17,18,19). The largest absolute Gasteiger partial charge is 0.469 e. The second-order valence-electron chi connectivity index (χ2n) is 5.07. The average molecular weight is 291 g/mol. The van der Waals surface area contributed by atoms with Crippen LogP contribution in [0.25, 0.3) is 0 Å². The number of carbonyl (C=O) groups is 1. The van der Waals surface area contributed by atoms with Crippen molar-refractivity contribution in [1.29, 1.82) is 0 Å². The van der Waals surface area contributed by atoms with Gasteiger partial charge >= 0.3 is 5.97 Å². The van der Waals surface area contributed by atoms with Crippen molar-refractivity contribution in [3.63, 3.8) is 0 Å². The third-order valence-corrected chi connectivity index (χ3v) is 3.35. The molecule has 1 aromatic rings. The van der Waals surface area contributed by atoms with Crippen molar-refractivity contribution in [2.75, 3.05) is 27.2 Å². The maximum Gasteiger partial charge on any atom is 0.310 e. The molecule has 5 nitrogen and oxygen atoms in total. The van der Waals surface area contributed by atoms with Crippen molar-refractivity contribution in [3.8, 4) is 0 Å². The molecule has 0 saturated carbocycles. The molecule has 2 N–H and O–H groups in total. The van der Waals surface area contributed by atoms with Crippen LogP contribution in [0.15, 0.2) is 35.3 Å². The Hall–Kier alpha value is -2.04. The molecule has 1 rings (SSSR count). The van der Waals surface area contributed by atoms with Gasteiger partial charge in [-0.3, -0.25) is 9.79 Å². The number of esters is 1. The van der Waals surface area contributed by atoms with Crippen molar-refractivity contribution in [2.24, 2.45) is 10.9 Å². The van der Waals surface area contributed by atoms with Gasteiger partial charge in [0, 0.05) is 20.1 Å². The summed E-state index contributed by atoms with van der Waals surface area (Å²) in [5.74, 6) is 0.631. The maximum atomic E-state index is 11.3. The van der Waals surface area contributed by atoms with E-state index < -0.39 is 0 Å². The average Bonchev–Trinajstić information content (AvgIpc) is 2.54. The molecule has 0 fully saturated rings. The summed E-state index contributed by atoms with van der Waals surface area (Å²) in [6.07, 6.45) is 0. The smallest absolute Gasteiger partial charge is 0.310 e. The van der Waals surface area contributed by atoms with Gasteiger partial charge in [0.25, 0.3) is 0 Å². The summed E-state index contributed by atoms with van der Waals surface area (Å²) in [6.45, 7) is 5.24. The number of nitrogens with one attached hydrogen (secondary N) is 2. The van der Waals surface area contributed by atoms with Gasteiger partial charge in [-0.2, -0.15) is 0 Å². The lowest BCUT2D eigenvalue weighted by molar-refractivity contribution is -0.144. The number of methoxy groups -OCH3 is 1. The first kappa shape index (κ1) is 17.0. The number of aliphatic imine (C=N–C) groups is 1. The fourth-order valence-corrected chi connectivity index (χ4v) is 1.90. The van der Waals surface area contributed by atoms with Crippen molar-refractivity contribution in [1.82, 2.24) is 10.6 Å². The molecule has 0 aliphatic heterocycles. The molecule has 0 heterocycles. The second kappa shape index (κ2) is 9.00. The predicted molar refractivity (Wildman–Crippen MR) is 85.4 cm³/mol. The van der Waals surface area contributed by atoms with Gasteiger partial charge in [-0.05, 0) is 11.5 Å². The van der Waals surface area contributed by atoms with Crippen LogP contribution >= 0.6 is 0 Å². The van der Waals surface area contributed by atoms with Crippen LogP contribution in [0.4, 0.5) is 0 Å². The molecule has 0 aromatic heterocycles. The quantitative estimate of drug-likeness (QED) is 0.476. The van der Waals surface area contributed by atoms with Crippen molar-refractivity contribution < 1.29 is 9.53 Å². The molecule has 0 aliphatic carbocycles. The van der Waals surface area contributed by atoms with Crippen molar-refractivity contribution in [3.05, 3.63) is 35.9 Å². The Morgan fingerprint density at radius 2 is 1.81 bits per heavy atom. The maximum absolute atomic E-state index is 11.3. The third-order valence-electron chi connectivity index (χ3n) is 3.35. The van der Waals surface area contributed by atoms with E-state index in [1.807, 2.05) is 25.1 Å². The highest BCUT2D eigenvalue weighted by Crippen LogP contribution is 2.12. The molecular weight excluding hydrogens is 266 g/mol. The number of guanidine groups is 1. The first-order valence-electron chi connectivity index (χ1n) is 7.15. The Labute approximate surface area is 126 Å². The number of ether oxygens (including phenoxy) is 1. The van der Waals surface area contributed by atoms with Crippen LogP contribution in [-0.2, 0) is 9.53 Å². The van der Waals surface area contributed by atoms with E-state index in [9.17, 15) is 4.79 Å². The molecule has 2 atom stereocenters. The molecule has 0 saturated heterocycles. The third kappa shape index (κ3) is 5.85. The number of carbonyl (C=O) groups excluding carboxylic acids is 1. The van der Waals surface area contributed by atoms with Gasteiger partial charge in [0.05, 0.1) is 13.0 Å². The summed E-state index contributed by atoms with van der Waals surface area (Å²) >= 11 is 0. The van der Waals surface area contributed by atoms with Gasteiger partial charge in [0.1, 0.15) is 0 Å². The summed E-state index contributed by atoms with van der Waals surface area (Å²) < 4.78 is 4.69. The Balaban J connectivity index is 2.40. The van der Waals surface area contributed by atoms with E-state index in [1.165, 1.54) is 12.7 Å². The van der Waals surface area contributed by atoms with E-state index in [1.54, 1.807) is 7.05 Å². The molecule has 0 spiro atoms. The van der Waals surface area contributed by atoms with Crippen molar-refractivity contribution >= 4 is 11.9 Å². The zero-order valence-electron chi connectivity index (χ0n) is 13.2. The first-order chi connectivity index (χ1) is 10.1. The zero-order valence-corrected chi connectivity index (χ0v) is 13.2. The second-order valence-corrected chi connectivity index (χ2v) is 5.07. The highest BCUT2D eigenvalue weighted by atomic mass is 16.5. The van der Waals surface area contributed by atoms with Crippen LogP contribution in [0.5, 0.6) is 0 Å².